The maximum Gasteiger partial charge on any atom is 0.119 e. The molecule has 0 radical (unpaired) electrons. The van der Waals surface area contributed by atoms with Gasteiger partial charge in [-0.3, -0.25) is 0 Å². The van der Waals surface area contributed by atoms with Gasteiger partial charge in [0.1, 0.15) is 5.75 Å². The average molecular weight is 197 g/mol. The largest absolute Gasteiger partial charge is 0.494 e. The zero-order valence-corrected chi connectivity index (χ0v) is 8.80. The van der Waals surface area contributed by atoms with Crippen LogP contribution in [0, 0.1) is 0 Å². The summed E-state index contributed by atoms with van der Waals surface area (Å²) in [6.07, 6.45) is 0. The molecule has 1 atom stereocenters. The molecule has 0 aromatic heterocycles. The highest BCUT2D eigenvalue weighted by atomic mass is 32.2. The number of benzene rings is 1. The van der Waals surface area contributed by atoms with E-state index in [1.54, 1.807) is 11.8 Å². The van der Waals surface area contributed by atoms with Gasteiger partial charge >= 0.3 is 0 Å². The highest BCUT2D eigenvalue weighted by molar-refractivity contribution is 7.99. The Labute approximate surface area is 83.5 Å². The molecule has 0 aliphatic rings. The number of hydrogen-bond acceptors (Lipinski definition) is 3. The van der Waals surface area contributed by atoms with Crippen LogP contribution >= 0.6 is 11.8 Å². The van der Waals surface area contributed by atoms with Gasteiger partial charge in [0.15, 0.2) is 0 Å². The molecule has 0 saturated carbocycles. The van der Waals surface area contributed by atoms with E-state index >= 15 is 0 Å². The van der Waals surface area contributed by atoms with Crippen LogP contribution in [-0.4, -0.2) is 12.0 Å². The highest BCUT2D eigenvalue weighted by Crippen LogP contribution is 2.22. The molecule has 1 rings (SSSR count). The molecule has 0 aliphatic carbocycles. The van der Waals surface area contributed by atoms with Gasteiger partial charge in [-0.1, -0.05) is 0 Å². The monoisotopic (exact) mass is 197 g/mol. The zero-order valence-electron chi connectivity index (χ0n) is 7.99. The molecule has 13 heavy (non-hydrogen) atoms. The van der Waals surface area contributed by atoms with Gasteiger partial charge in [-0.2, -0.15) is 0 Å². The fourth-order valence-electron chi connectivity index (χ4n) is 0.996. The van der Waals surface area contributed by atoms with Gasteiger partial charge in [-0.25, -0.2) is 0 Å². The first-order valence-electron chi connectivity index (χ1n) is 4.37. The lowest BCUT2D eigenvalue weighted by Gasteiger charge is -2.06. The van der Waals surface area contributed by atoms with Gasteiger partial charge in [0.05, 0.1) is 12.0 Å². The molecule has 3 heteroatoms. The van der Waals surface area contributed by atoms with Crippen LogP contribution in [0.5, 0.6) is 5.75 Å². The molecule has 2 nitrogen and oxygen atoms in total. The van der Waals surface area contributed by atoms with E-state index < -0.39 is 0 Å². The van der Waals surface area contributed by atoms with Crippen molar-refractivity contribution < 1.29 is 4.74 Å². The Morgan fingerprint density at radius 2 is 2.00 bits per heavy atom. The van der Waals surface area contributed by atoms with E-state index in [0.29, 0.717) is 6.61 Å². The van der Waals surface area contributed by atoms with E-state index in [1.807, 2.05) is 38.1 Å². The molecule has 0 aliphatic heterocycles. The predicted molar refractivity (Wildman–Crippen MR) is 57.1 cm³/mol. The molecule has 0 fully saturated rings. The summed E-state index contributed by atoms with van der Waals surface area (Å²) in [5.41, 5.74) is 5.65. The summed E-state index contributed by atoms with van der Waals surface area (Å²) in [7, 11) is 0. The molecule has 72 valence electrons. The zero-order chi connectivity index (χ0) is 9.68. The Kier molecular flexibility index (Phi) is 4.12. The molecule has 1 unspecified atom stereocenters. The lowest BCUT2D eigenvalue weighted by atomic mass is 10.3. The summed E-state index contributed by atoms with van der Waals surface area (Å²) in [6.45, 7) is 4.66. The third-order valence-corrected chi connectivity index (χ3v) is 2.37. The van der Waals surface area contributed by atoms with Crippen LogP contribution in [0.1, 0.15) is 13.8 Å². The first-order valence-corrected chi connectivity index (χ1v) is 5.25. The summed E-state index contributed by atoms with van der Waals surface area (Å²) in [5, 5.41) is 0.137. The van der Waals surface area contributed by atoms with E-state index in [1.165, 1.54) is 4.90 Å². The van der Waals surface area contributed by atoms with Crippen LogP contribution < -0.4 is 10.5 Å². The minimum atomic E-state index is 0.137. The number of ether oxygens (including phenoxy) is 1. The molecule has 0 bridgehead atoms. The summed E-state index contributed by atoms with van der Waals surface area (Å²) in [5.74, 6) is 0.913. The van der Waals surface area contributed by atoms with Crippen molar-refractivity contribution in [3.63, 3.8) is 0 Å². The van der Waals surface area contributed by atoms with E-state index in [2.05, 4.69) is 0 Å². The number of nitrogens with two attached hydrogens (primary N) is 1. The third kappa shape index (κ3) is 3.70. The minimum absolute atomic E-state index is 0.137. The smallest absolute Gasteiger partial charge is 0.119 e. The third-order valence-electron chi connectivity index (χ3n) is 1.46. The molecule has 1 aromatic carbocycles. The lowest BCUT2D eigenvalue weighted by Crippen LogP contribution is -2.08. The maximum absolute atomic E-state index is 5.65. The lowest BCUT2D eigenvalue weighted by molar-refractivity contribution is 0.340. The number of rotatable bonds is 4. The summed E-state index contributed by atoms with van der Waals surface area (Å²) in [6, 6.07) is 7.99. The summed E-state index contributed by atoms with van der Waals surface area (Å²) < 4.78 is 5.33. The Bertz CT molecular complexity index is 246. The van der Waals surface area contributed by atoms with E-state index in [4.69, 9.17) is 10.5 Å². The van der Waals surface area contributed by atoms with Gasteiger partial charge in [-0.05, 0) is 38.1 Å². The maximum atomic E-state index is 5.65. The van der Waals surface area contributed by atoms with Crippen LogP contribution in [0.3, 0.4) is 0 Å². The van der Waals surface area contributed by atoms with Crippen molar-refractivity contribution in [1.29, 1.82) is 0 Å². The second-order valence-corrected chi connectivity index (χ2v) is 4.18. The highest BCUT2D eigenvalue weighted by Gasteiger charge is 1.98. The first kappa shape index (κ1) is 10.4. The van der Waals surface area contributed by atoms with E-state index in [9.17, 15) is 0 Å². The second-order valence-electron chi connectivity index (χ2n) is 2.73. The van der Waals surface area contributed by atoms with Gasteiger partial charge in [0, 0.05) is 4.90 Å². The first-order chi connectivity index (χ1) is 6.22. The topological polar surface area (TPSA) is 35.2 Å². The van der Waals surface area contributed by atoms with Crippen molar-refractivity contribution in [3.8, 4) is 5.75 Å². The molecule has 1 aromatic rings. The van der Waals surface area contributed by atoms with Gasteiger partial charge < -0.3 is 10.5 Å². The van der Waals surface area contributed by atoms with Crippen molar-refractivity contribution in [3.05, 3.63) is 24.3 Å². The Balaban J connectivity index is 2.59. The van der Waals surface area contributed by atoms with Crippen LogP contribution in [-0.2, 0) is 0 Å². The number of thioether (sulfide) groups is 1. The van der Waals surface area contributed by atoms with Gasteiger partial charge in [-0.15, -0.1) is 11.8 Å². The molecule has 0 heterocycles. The van der Waals surface area contributed by atoms with Crippen molar-refractivity contribution in [2.24, 2.45) is 5.73 Å². The van der Waals surface area contributed by atoms with E-state index in [-0.39, 0.29) is 5.37 Å². The molecule has 0 saturated heterocycles. The fraction of sp³-hybridized carbons (Fsp3) is 0.400. The van der Waals surface area contributed by atoms with Crippen LogP contribution in [0.4, 0.5) is 0 Å². The Hall–Kier alpha value is -0.670. The predicted octanol–water partition coefficient (Wildman–Crippen LogP) is 2.48. The van der Waals surface area contributed by atoms with Crippen molar-refractivity contribution in [2.45, 2.75) is 24.1 Å². The normalized spacial score (nSPS) is 12.5. The van der Waals surface area contributed by atoms with E-state index in [0.717, 1.165) is 5.75 Å². The molecular formula is C10H15NOS. The van der Waals surface area contributed by atoms with Crippen LogP contribution in [0.25, 0.3) is 0 Å². The molecule has 2 N–H and O–H groups in total. The number of hydrogen-bond donors (Lipinski definition) is 1. The summed E-state index contributed by atoms with van der Waals surface area (Å²) in [4.78, 5) is 1.18. The molecule has 0 spiro atoms. The molecule has 0 amide bonds. The SMILES string of the molecule is CCOc1ccc(SC(C)N)cc1. The Morgan fingerprint density at radius 3 is 2.46 bits per heavy atom. The quantitative estimate of drug-likeness (QED) is 0.595. The van der Waals surface area contributed by atoms with Gasteiger partial charge in [0.25, 0.3) is 0 Å². The molecular weight excluding hydrogens is 182 g/mol. The minimum Gasteiger partial charge on any atom is -0.494 e. The van der Waals surface area contributed by atoms with Crippen LogP contribution in [0.2, 0.25) is 0 Å². The van der Waals surface area contributed by atoms with Crippen molar-refractivity contribution >= 4 is 11.8 Å². The van der Waals surface area contributed by atoms with Crippen LogP contribution in [0.15, 0.2) is 29.2 Å². The Morgan fingerprint density at radius 1 is 1.38 bits per heavy atom. The summed E-state index contributed by atoms with van der Waals surface area (Å²) >= 11 is 1.65. The fourth-order valence-corrected chi connectivity index (χ4v) is 1.72. The average Bonchev–Trinajstić information content (AvgIpc) is 2.08. The van der Waals surface area contributed by atoms with Gasteiger partial charge in [0.2, 0.25) is 0 Å². The standard InChI is InChI=1S/C10H15NOS/c1-3-12-9-4-6-10(7-5-9)13-8(2)11/h4-8H,3,11H2,1-2H3. The van der Waals surface area contributed by atoms with Crippen molar-refractivity contribution in [1.82, 2.24) is 0 Å². The second kappa shape index (κ2) is 5.14. The van der Waals surface area contributed by atoms with Crippen molar-refractivity contribution in [2.75, 3.05) is 6.61 Å².